The molecule has 1 amide bonds. The summed E-state index contributed by atoms with van der Waals surface area (Å²) < 4.78 is 4.95. The van der Waals surface area contributed by atoms with Crippen LogP contribution in [0.1, 0.15) is 38.8 Å². The van der Waals surface area contributed by atoms with Gasteiger partial charge in [-0.2, -0.15) is 11.8 Å². The lowest BCUT2D eigenvalue weighted by molar-refractivity contribution is 0.0526. The normalized spacial score (nSPS) is 13.5. The highest BCUT2D eigenvalue weighted by molar-refractivity contribution is 7.99. The molecule has 0 aromatic heterocycles. The van der Waals surface area contributed by atoms with Gasteiger partial charge in [0, 0.05) is 11.3 Å². The van der Waals surface area contributed by atoms with Crippen molar-refractivity contribution in [2.75, 3.05) is 23.4 Å². The highest BCUT2D eigenvalue weighted by atomic mass is 32.2. The summed E-state index contributed by atoms with van der Waals surface area (Å²) >= 11 is 1.96. The van der Waals surface area contributed by atoms with E-state index in [0.29, 0.717) is 23.4 Å². The van der Waals surface area contributed by atoms with Gasteiger partial charge in [0.05, 0.1) is 12.2 Å². The van der Waals surface area contributed by atoms with Crippen molar-refractivity contribution in [3.8, 4) is 0 Å². The predicted molar refractivity (Wildman–Crippen MR) is 102 cm³/mol. The molecular formula is C20H21NO3S. The maximum atomic E-state index is 12.5. The molecule has 1 heterocycles. The third kappa shape index (κ3) is 4.42. The number of fused-ring (bicyclic) bond motifs is 1. The van der Waals surface area contributed by atoms with Crippen molar-refractivity contribution in [1.82, 2.24) is 0 Å². The quantitative estimate of drug-likeness (QED) is 0.844. The van der Waals surface area contributed by atoms with Crippen LogP contribution >= 0.6 is 11.8 Å². The number of rotatable bonds is 4. The predicted octanol–water partition coefficient (Wildman–Crippen LogP) is 3.95. The Morgan fingerprint density at radius 1 is 1.00 bits per heavy atom. The van der Waals surface area contributed by atoms with Gasteiger partial charge < -0.3 is 10.1 Å². The molecule has 0 fully saturated rings. The van der Waals surface area contributed by atoms with Crippen LogP contribution in [0.25, 0.3) is 0 Å². The maximum absolute atomic E-state index is 12.5. The number of amides is 1. The lowest BCUT2D eigenvalue weighted by atomic mass is 10.00. The van der Waals surface area contributed by atoms with Gasteiger partial charge in [-0.3, -0.25) is 4.79 Å². The number of aryl methyl sites for hydroxylation is 2. The fraction of sp³-hybridized carbons (Fsp3) is 0.300. The average molecular weight is 355 g/mol. The molecule has 0 aliphatic carbocycles. The molecule has 0 unspecified atom stereocenters. The second kappa shape index (κ2) is 8.21. The Kier molecular flexibility index (Phi) is 5.76. The van der Waals surface area contributed by atoms with E-state index in [2.05, 4.69) is 11.4 Å². The van der Waals surface area contributed by atoms with Gasteiger partial charge in [-0.25, -0.2) is 4.79 Å². The van der Waals surface area contributed by atoms with Crippen molar-refractivity contribution in [2.45, 2.75) is 19.8 Å². The molecule has 1 aliphatic heterocycles. The van der Waals surface area contributed by atoms with E-state index in [1.54, 1.807) is 31.2 Å². The van der Waals surface area contributed by atoms with Gasteiger partial charge in [0.2, 0.25) is 0 Å². The molecule has 0 spiro atoms. The molecule has 0 bridgehead atoms. The Morgan fingerprint density at radius 2 is 1.68 bits per heavy atom. The monoisotopic (exact) mass is 355 g/mol. The summed E-state index contributed by atoms with van der Waals surface area (Å²) in [6, 6.07) is 12.7. The van der Waals surface area contributed by atoms with Gasteiger partial charge in [-0.15, -0.1) is 0 Å². The number of hydrogen-bond acceptors (Lipinski definition) is 4. The van der Waals surface area contributed by atoms with Crippen molar-refractivity contribution in [3.63, 3.8) is 0 Å². The average Bonchev–Trinajstić information content (AvgIpc) is 2.87. The molecule has 5 heteroatoms. The number of anilines is 1. The minimum Gasteiger partial charge on any atom is -0.462 e. The van der Waals surface area contributed by atoms with Gasteiger partial charge in [0.1, 0.15) is 0 Å². The first-order chi connectivity index (χ1) is 12.2. The summed E-state index contributed by atoms with van der Waals surface area (Å²) in [4.78, 5) is 24.2. The number of esters is 1. The van der Waals surface area contributed by atoms with Crippen molar-refractivity contribution in [2.24, 2.45) is 0 Å². The number of hydrogen-bond donors (Lipinski definition) is 1. The summed E-state index contributed by atoms with van der Waals surface area (Å²) in [5.41, 5.74) is 4.42. The van der Waals surface area contributed by atoms with E-state index in [0.717, 1.165) is 24.3 Å². The van der Waals surface area contributed by atoms with Gasteiger partial charge in [-0.1, -0.05) is 6.07 Å². The Balaban J connectivity index is 1.70. The molecule has 130 valence electrons. The van der Waals surface area contributed by atoms with Crippen LogP contribution in [-0.2, 0) is 17.6 Å². The SMILES string of the molecule is CCOC(=O)c1ccc(NC(=O)c2ccc3c(c2)CCSCC3)cc1. The molecule has 2 aromatic carbocycles. The number of carbonyl (C=O) groups is 2. The smallest absolute Gasteiger partial charge is 0.338 e. The number of thioether (sulfide) groups is 1. The second-order valence-electron chi connectivity index (χ2n) is 5.85. The molecule has 2 aromatic rings. The van der Waals surface area contributed by atoms with Gasteiger partial charge in [0.15, 0.2) is 0 Å². The lowest BCUT2D eigenvalue weighted by Crippen LogP contribution is -2.13. The molecule has 1 aliphatic rings. The zero-order valence-corrected chi connectivity index (χ0v) is 15.0. The van der Waals surface area contributed by atoms with E-state index in [4.69, 9.17) is 4.74 Å². The minimum atomic E-state index is -0.357. The highest BCUT2D eigenvalue weighted by Gasteiger charge is 2.13. The number of ether oxygens (including phenoxy) is 1. The standard InChI is InChI=1S/C20H21NO3S/c1-2-24-20(23)15-5-7-18(8-6-15)21-19(22)17-4-3-14-9-11-25-12-10-16(14)13-17/h3-8,13H,2,9-12H2,1H3,(H,21,22). The summed E-state index contributed by atoms with van der Waals surface area (Å²) in [5, 5.41) is 2.88. The van der Waals surface area contributed by atoms with Crippen LogP contribution in [-0.4, -0.2) is 30.0 Å². The number of benzene rings is 2. The van der Waals surface area contributed by atoms with Crippen molar-refractivity contribution in [3.05, 3.63) is 64.7 Å². The zero-order valence-electron chi connectivity index (χ0n) is 14.2. The molecule has 0 atom stereocenters. The summed E-state index contributed by atoms with van der Waals surface area (Å²) in [7, 11) is 0. The van der Waals surface area contributed by atoms with Crippen LogP contribution in [0.15, 0.2) is 42.5 Å². The molecule has 0 saturated carbocycles. The van der Waals surface area contributed by atoms with Gasteiger partial charge >= 0.3 is 5.97 Å². The fourth-order valence-corrected chi connectivity index (χ4v) is 3.75. The van der Waals surface area contributed by atoms with E-state index in [1.807, 2.05) is 23.9 Å². The number of nitrogens with one attached hydrogen (secondary N) is 1. The summed E-state index contributed by atoms with van der Waals surface area (Å²) in [6.45, 7) is 2.11. The highest BCUT2D eigenvalue weighted by Crippen LogP contribution is 2.22. The van der Waals surface area contributed by atoms with Crippen LogP contribution < -0.4 is 5.32 Å². The Morgan fingerprint density at radius 3 is 2.40 bits per heavy atom. The minimum absolute atomic E-state index is 0.136. The molecule has 3 rings (SSSR count). The Labute approximate surface area is 152 Å². The van der Waals surface area contributed by atoms with E-state index in [1.165, 1.54) is 11.1 Å². The zero-order chi connectivity index (χ0) is 17.6. The van der Waals surface area contributed by atoms with Gasteiger partial charge in [-0.05, 0) is 78.8 Å². The topological polar surface area (TPSA) is 55.4 Å². The van der Waals surface area contributed by atoms with Gasteiger partial charge in [0.25, 0.3) is 5.91 Å². The fourth-order valence-electron chi connectivity index (χ4n) is 2.82. The molecular weight excluding hydrogens is 334 g/mol. The van der Waals surface area contributed by atoms with Crippen molar-refractivity contribution in [1.29, 1.82) is 0 Å². The molecule has 25 heavy (non-hydrogen) atoms. The second-order valence-corrected chi connectivity index (χ2v) is 7.07. The molecule has 1 N–H and O–H groups in total. The molecule has 0 radical (unpaired) electrons. The van der Waals surface area contributed by atoms with E-state index in [-0.39, 0.29) is 11.9 Å². The number of carbonyl (C=O) groups excluding carboxylic acids is 2. The maximum Gasteiger partial charge on any atom is 0.338 e. The third-order valence-corrected chi connectivity index (χ3v) is 5.14. The van der Waals surface area contributed by atoms with Crippen LogP contribution in [0.5, 0.6) is 0 Å². The first-order valence-corrected chi connectivity index (χ1v) is 9.61. The van der Waals surface area contributed by atoms with Crippen LogP contribution in [0.2, 0.25) is 0 Å². The Hall–Kier alpha value is -2.27. The van der Waals surface area contributed by atoms with Crippen LogP contribution in [0, 0.1) is 0 Å². The van der Waals surface area contributed by atoms with E-state index >= 15 is 0 Å². The van der Waals surface area contributed by atoms with E-state index < -0.39 is 0 Å². The van der Waals surface area contributed by atoms with E-state index in [9.17, 15) is 9.59 Å². The largest absolute Gasteiger partial charge is 0.462 e. The Bertz CT molecular complexity index is 771. The van der Waals surface area contributed by atoms with Crippen molar-refractivity contribution < 1.29 is 14.3 Å². The third-order valence-electron chi connectivity index (χ3n) is 4.15. The first-order valence-electron chi connectivity index (χ1n) is 8.45. The summed E-state index contributed by atoms with van der Waals surface area (Å²) in [5.74, 6) is 1.76. The van der Waals surface area contributed by atoms with Crippen molar-refractivity contribution >= 4 is 29.3 Å². The molecule has 0 saturated heterocycles. The first kappa shape index (κ1) is 17.5. The lowest BCUT2D eigenvalue weighted by Gasteiger charge is -2.10. The van der Waals surface area contributed by atoms with Crippen LogP contribution in [0.3, 0.4) is 0 Å². The summed E-state index contributed by atoms with van der Waals surface area (Å²) in [6.07, 6.45) is 2.08. The van der Waals surface area contributed by atoms with Crippen LogP contribution in [0.4, 0.5) is 5.69 Å². The molecule has 4 nitrogen and oxygen atoms in total.